The van der Waals surface area contributed by atoms with Crippen LogP contribution in [0.4, 0.5) is 0 Å². The molecule has 114 valence electrons. The lowest BCUT2D eigenvalue weighted by Gasteiger charge is -2.45. The minimum absolute atomic E-state index is 0.0749. The number of nitrogens with one attached hydrogen (secondary N) is 1. The van der Waals surface area contributed by atoms with Gasteiger partial charge in [0.2, 0.25) is 0 Å². The molecule has 3 N–H and O–H groups in total. The predicted molar refractivity (Wildman–Crippen MR) is 82.1 cm³/mol. The van der Waals surface area contributed by atoms with Gasteiger partial charge in [0.05, 0.1) is 17.9 Å². The van der Waals surface area contributed by atoms with Crippen LogP contribution in [0.5, 0.6) is 0 Å². The summed E-state index contributed by atoms with van der Waals surface area (Å²) in [7, 11) is 6.43. The Labute approximate surface area is 122 Å². The number of hydrogen-bond acceptors (Lipinski definition) is 4. The van der Waals surface area contributed by atoms with Gasteiger partial charge in [-0.3, -0.25) is 5.84 Å². The van der Waals surface area contributed by atoms with Crippen LogP contribution in [0.3, 0.4) is 0 Å². The second-order valence-electron chi connectivity index (χ2n) is 6.30. The van der Waals surface area contributed by atoms with E-state index < -0.39 is 0 Å². The van der Waals surface area contributed by atoms with Crippen molar-refractivity contribution in [2.24, 2.45) is 12.9 Å². The van der Waals surface area contributed by atoms with E-state index in [1.165, 1.54) is 44.2 Å². The molecule has 0 spiro atoms. The molecule has 1 aliphatic carbocycles. The van der Waals surface area contributed by atoms with Crippen molar-refractivity contribution in [3.8, 4) is 0 Å². The summed E-state index contributed by atoms with van der Waals surface area (Å²) in [5, 5.41) is 0. The van der Waals surface area contributed by atoms with Crippen molar-refractivity contribution in [1.82, 2.24) is 19.9 Å². The van der Waals surface area contributed by atoms with Gasteiger partial charge in [0.25, 0.3) is 0 Å². The third-order valence-corrected chi connectivity index (χ3v) is 5.12. The fourth-order valence-corrected chi connectivity index (χ4v) is 3.64. The van der Waals surface area contributed by atoms with Crippen molar-refractivity contribution in [3.63, 3.8) is 0 Å². The third-order valence-electron chi connectivity index (χ3n) is 5.12. The maximum Gasteiger partial charge on any atom is 0.105 e. The van der Waals surface area contributed by atoms with Crippen molar-refractivity contribution >= 4 is 0 Å². The monoisotopic (exact) mass is 279 g/mol. The van der Waals surface area contributed by atoms with Crippen molar-refractivity contribution in [1.29, 1.82) is 0 Å². The smallest absolute Gasteiger partial charge is 0.105 e. The van der Waals surface area contributed by atoms with Crippen molar-refractivity contribution in [3.05, 3.63) is 17.7 Å². The van der Waals surface area contributed by atoms with Gasteiger partial charge in [0.15, 0.2) is 0 Å². The van der Waals surface area contributed by atoms with Crippen molar-refractivity contribution in [2.75, 3.05) is 14.1 Å². The number of hydrazine groups is 1. The van der Waals surface area contributed by atoms with Crippen LogP contribution >= 0.6 is 0 Å². The van der Waals surface area contributed by atoms with Crippen LogP contribution in [0.1, 0.15) is 56.1 Å². The Hall–Kier alpha value is -0.910. The second-order valence-corrected chi connectivity index (χ2v) is 6.30. The Balaban J connectivity index is 2.41. The van der Waals surface area contributed by atoms with E-state index >= 15 is 0 Å². The lowest BCUT2D eigenvalue weighted by Crippen LogP contribution is -2.55. The summed E-state index contributed by atoms with van der Waals surface area (Å²) in [5.74, 6) is 7.00. The summed E-state index contributed by atoms with van der Waals surface area (Å²) < 4.78 is 2.15. The van der Waals surface area contributed by atoms with Gasteiger partial charge in [-0.1, -0.05) is 25.7 Å². The van der Waals surface area contributed by atoms with E-state index in [0.29, 0.717) is 0 Å². The fraction of sp³-hybridized carbons (Fsp3) is 0.800. The summed E-state index contributed by atoms with van der Waals surface area (Å²) in [6.45, 7) is 2.03. The first-order chi connectivity index (χ1) is 9.53. The Bertz CT molecular complexity index is 429. The van der Waals surface area contributed by atoms with Gasteiger partial charge in [0.1, 0.15) is 5.82 Å². The van der Waals surface area contributed by atoms with E-state index in [1.54, 1.807) is 0 Å². The third kappa shape index (κ3) is 2.62. The van der Waals surface area contributed by atoms with E-state index in [-0.39, 0.29) is 11.6 Å². The summed E-state index contributed by atoms with van der Waals surface area (Å²) in [6, 6.07) is 0.113. The summed E-state index contributed by atoms with van der Waals surface area (Å²) in [4.78, 5) is 6.81. The number of rotatable bonds is 4. The van der Waals surface area contributed by atoms with E-state index in [1.807, 2.05) is 13.1 Å². The van der Waals surface area contributed by atoms with Gasteiger partial charge in [0, 0.05) is 12.6 Å². The number of imidazole rings is 1. The highest BCUT2D eigenvalue weighted by atomic mass is 15.3. The highest BCUT2D eigenvalue weighted by molar-refractivity contribution is 5.16. The lowest BCUT2D eigenvalue weighted by atomic mass is 9.80. The van der Waals surface area contributed by atoms with Crippen LogP contribution < -0.4 is 11.3 Å². The molecule has 0 aliphatic heterocycles. The molecule has 5 nitrogen and oxygen atoms in total. The van der Waals surface area contributed by atoms with Crippen LogP contribution in [0.25, 0.3) is 0 Å². The topological polar surface area (TPSA) is 59.1 Å². The van der Waals surface area contributed by atoms with Gasteiger partial charge in [-0.25, -0.2) is 10.4 Å². The second kappa shape index (κ2) is 6.24. The van der Waals surface area contributed by atoms with Crippen LogP contribution in [-0.2, 0) is 7.05 Å². The van der Waals surface area contributed by atoms with Crippen molar-refractivity contribution in [2.45, 2.75) is 57.0 Å². The molecule has 0 saturated heterocycles. The predicted octanol–water partition coefficient (Wildman–Crippen LogP) is 1.89. The Kier molecular flexibility index (Phi) is 4.83. The molecular formula is C15H29N5. The molecular weight excluding hydrogens is 250 g/mol. The first-order valence-electron chi connectivity index (χ1n) is 7.64. The molecule has 20 heavy (non-hydrogen) atoms. The van der Waals surface area contributed by atoms with Gasteiger partial charge >= 0.3 is 0 Å². The average Bonchev–Trinajstić information content (AvgIpc) is 2.66. The molecule has 1 aromatic rings. The molecule has 1 heterocycles. The number of nitrogens with two attached hydrogens (primary N) is 1. The van der Waals surface area contributed by atoms with E-state index in [2.05, 4.69) is 41.0 Å². The molecule has 0 amide bonds. The van der Waals surface area contributed by atoms with Crippen LogP contribution in [-0.4, -0.2) is 34.1 Å². The molecule has 2 rings (SSSR count). The Morgan fingerprint density at radius 2 is 1.90 bits per heavy atom. The number of aryl methyl sites for hydroxylation is 1. The zero-order valence-corrected chi connectivity index (χ0v) is 13.3. The van der Waals surface area contributed by atoms with Gasteiger partial charge < -0.3 is 9.47 Å². The van der Waals surface area contributed by atoms with Crippen LogP contribution in [0, 0.1) is 6.92 Å². The van der Waals surface area contributed by atoms with E-state index in [4.69, 9.17) is 5.84 Å². The summed E-state index contributed by atoms with van der Waals surface area (Å²) >= 11 is 0. The minimum Gasteiger partial charge on any atom is -0.334 e. The zero-order valence-electron chi connectivity index (χ0n) is 13.3. The maximum absolute atomic E-state index is 5.97. The number of nitrogens with zero attached hydrogens (tertiary/aromatic N) is 3. The molecule has 1 aromatic heterocycles. The zero-order chi connectivity index (χ0) is 14.8. The number of aromatic nitrogens is 2. The normalized spacial score (nSPS) is 20.9. The average molecular weight is 279 g/mol. The molecule has 0 aromatic carbocycles. The largest absolute Gasteiger partial charge is 0.334 e. The van der Waals surface area contributed by atoms with Crippen molar-refractivity contribution < 1.29 is 0 Å². The number of likely N-dealkylation sites (N-methyl/N-ethyl adjacent to an activating group) is 1. The molecule has 1 fully saturated rings. The quantitative estimate of drug-likeness (QED) is 0.502. The van der Waals surface area contributed by atoms with E-state index in [0.717, 1.165) is 5.82 Å². The Morgan fingerprint density at radius 3 is 2.30 bits per heavy atom. The maximum atomic E-state index is 5.97. The van der Waals surface area contributed by atoms with Crippen LogP contribution in [0.15, 0.2) is 6.20 Å². The lowest BCUT2D eigenvalue weighted by molar-refractivity contribution is 0.0769. The van der Waals surface area contributed by atoms with Gasteiger partial charge in [-0.2, -0.15) is 0 Å². The molecule has 1 aliphatic rings. The molecule has 1 saturated carbocycles. The molecule has 0 radical (unpaired) electrons. The fourth-order valence-electron chi connectivity index (χ4n) is 3.64. The molecule has 1 atom stereocenters. The van der Waals surface area contributed by atoms with Gasteiger partial charge in [-0.05, 0) is 33.9 Å². The standard InChI is InChI=1S/C15H29N5/c1-12-17-11-13(20(12)4)14(18-16)15(19(2)3)9-7-5-6-8-10-15/h11,14,18H,5-10,16H2,1-4H3. The SMILES string of the molecule is Cc1ncc(C(NN)C2(N(C)C)CCCCCC2)n1C. The highest BCUT2D eigenvalue weighted by Crippen LogP contribution is 2.40. The molecule has 0 bridgehead atoms. The van der Waals surface area contributed by atoms with Crippen LogP contribution in [0.2, 0.25) is 0 Å². The highest BCUT2D eigenvalue weighted by Gasteiger charge is 2.42. The molecule has 5 heteroatoms. The first-order valence-corrected chi connectivity index (χ1v) is 7.64. The summed E-state index contributed by atoms with van der Waals surface area (Å²) in [6.07, 6.45) is 9.53. The van der Waals surface area contributed by atoms with E-state index in [9.17, 15) is 0 Å². The summed E-state index contributed by atoms with van der Waals surface area (Å²) in [5.41, 5.74) is 4.35. The molecule has 1 unspecified atom stereocenters. The number of hydrogen-bond donors (Lipinski definition) is 2. The van der Waals surface area contributed by atoms with Gasteiger partial charge in [-0.15, -0.1) is 0 Å². The Morgan fingerprint density at radius 1 is 1.30 bits per heavy atom. The minimum atomic E-state index is 0.0749. The first kappa shape index (κ1) is 15.5.